The molecule has 0 spiro atoms. The van der Waals surface area contributed by atoms with Gasteiger partial charge in [0.15, 0.2) is 6.61 Å². The summed E-state index contributed by atoms with van der Waals surface area (Å²) in [5, 5.41) is 4.53. The van der Waals surface area contributed by atoms with Gasteiger partial charge in [0.05, 0.1) is 12.1 Å². The summed E-state index contributed by atoms with van der Waals surface area (Å²) in [5.41, 5.74) is 2.75. The van der Waals surface area contributed by atoms with E-state index in [0.29, 0.717) is 5.92 Å². The molecule has 0 bridgehead atoms. The SMILES string of the molecule is Cc1nn(CC(C)C)c(C)c1CC(=O)OCC(=O)N1C(C)CCCC1C. The predicted molar refractivity (Wildman–Crippen MR) is 101 cm³/mol. The van der Waals surface area contributed by atoms with Crippen LogP contribution in [0.5, 0.6) is 0 Å². The molecule has 0 aromatic carbocycles. The van der Waals surface area contributed by atoms with Crippen molar-refractivity contribution in [3.05, 3.63) is 17.0 Å². The van der Waals surface area contributed by atoms with Crippen molar-refractivity contribution in [3.8, 4) is 0 Å². The number of esters is 1. The standard InChI is InChI=1S/C20H33N3O3/c1-13(2)11-22-17(6)18(16(5)21-22)10-20(25)26-12-19(24)23-14(3)8-7-9-15(23)4/h13-15H,7-12H2,1-6H3. The summed E-state index contributed by atoms with van der Waals surface area (Å²) in [5.74, 6) is 0.0203. The smallest absolute Gasteiger partial charge is 0.310 e. The van der Waals surface area contributed by atoms with Crippen LogP contribution in [-0.4, -0.2) is 45.2 Å². The number of carbonyl (C=O) groups excluding carboxylic acids is 2. The lowest BCUT2D eigenvalue weighted by Crippen LogP contribution is -2.49. The van der Waals surface area contributed by atoms with Gasteiger partial charge in [-0.25, -0.2) is 0 Å². The molecule has 6 nitrogen and oxygen atoms in total. The van der Waals surface area contributed by atoms with Gasteiger partial charge < -0.3 is 9.64 Å². The Kier molecular flexibility index (Phi) is 6.84. The lowest BCUT2D eigenvalue weighted by atomic mass is 9.97. The summed E-state index contributed by atoms with van der Waals surface area (Å²) < 4.78 is 7.24. The molecule has 2 rings (SSSR count). The molecule has 0 aliphatic carbocycles. The van der Waals surface area contributed by atoms with Crippen LogP contribution in [-0.2, 0) is 27.3 Å². The van der Waals surface area contributed by atoms with Crippen LogP contribution in [0.25, 0.3) is 0 Å². The zero-order valence-corrected chi connectivity index (χ0v) is 17.0. The van der Waals surface area contributed by atoms with Crippen molar-refractivity contribution in [2.75, 3.05) is 6.61 Å². The number of hydrogen-bond acceptors (Lipinski definition) is 4. The van der Waals surface area contributed by atoms with Gasteiger partial charge in [-0.15, -0.1) is 0 Å². The molecule has 1 amide bonds. The van der Waals surface area contributed by atoms with Gasteiger partial charge in [-0.05, 0) is 52.9 Å². The fourth-order valence-corrected chi connectivity index (χ4v) is 3.84. The Labute approximate surface area is 156 Å². The zero-order chi connectivity index (χ0) is 19.4. The molecule has 1 aliphatic heterocycles. The van der Waals surface area contributed by atoms with Crippen LogP contribution in [0.15, 0.2) is 0 Å². The molecule has 2 atom stereocenters. The van der Waals surface area contributed by atoms with Crippen molar-refractivity contribution < 1.29 is 14.3 Å². The fraction of sp³-hybridized carbons (Fsp3) is 0.750. The summed E-state index contributed by atoms with van der Waals surface area (Å²) in [6.07, 6.45) is 3.33. The average Bonchev–Trinajstić information content (AvgIpc) is 2.79. The second kappa shape index (κ2) is 8.69. The van der Waals surface area contributed by atoms with Gasteiger partial charge >= 0.3 is 5.97 Å². The van der Waals surface area contributed by atoms with Crippen molar-refractivity contribution in [2.24, 2.45) is 5.92 Å². The lowest BCUT2D eigenvalue weighted by molar-refractivity contribution is -0.154. The van der Waals surface area contributed by atoms with E-state index in [2.05, 4.69) is 32.8 Å². The van der Waals surface area contributed by atoms with E-state index in [9.17, 15) is 9.59 Å². The number of amides is 1. The summed E-state index contributed by atoms with van der Waals surface area (Å²) >= 11 is 0. The summed E-state index contributed by atoms with van der Waals surface area (Å²) in [7, 11) is 0. The highest BCUT2D eigenvalue weighted by Gasteiger charge is 2.29. The number of piperidine rings is 1. The summed E-state index contributed by atoms with van der Waals surface area (Å²) in [4.78, 5) is 26.6. The Morgan fingerprint density at radius 1 is 1.19 bits per heavy atom. The van der Waals surface area contributed by atoms with Crippen LogP contribution in [0, 0.1) is 19.8 Å². The molecule has 0 saturated carbocycles. The number of carbonyl (C=O) groups is 2. The van der Waals surface area contributed by atoms with Crippen LogP contribution in [0.4, 0.5) is 0 Å². The second-order valence-corrected chi connectivity index (χ2v) is 7.99. The number of hydrogen-bond donors (Lipinski definition) is 0. The van der Waals surface area contributed by atoms with Crippen LogP contribution >= 0.6 is 0 Å². The van der Waals surface area contributed by atoms with Crippen molar-refractivity contribution in [1.82, 2.24) is 14.7 Å². The highest BCUT2D eigenvalue weighted by molar-refractivity contribution is 5.82. The Hall–Kier alpha value is -1.85. The van der Waals surface area contributed by atoms with Crippen molar-refractivity contribution in [2.45, 2.75) is 85.9 Å². The Bertz CT molecular complexity index is 641. The minimum absolute atomic E-state index is 0.0954. The molecule has 0 N–H and O–H groups in total. The molecule has 26 heavy (non-hydrogen) atoms. The maximum absolute atomic E-state index is 12.5. The van der Waals surface area contributed by atoms with Gasteiger partial charge in [-0.3, -0.25) is 14.3 Å². The van der Waals surface area contributed by atoms with E-state index in [-0.39, 0.29) is 37.0 Å². The molecule has 1 aromatic rings. The van der Waals surface area contributed by atoms with E-state index in [1.807, 2.05) is 23.4 Å². The number of aromatic nitrogens is 2. The summed E-state index contributed by atoms with van der Waals surface area (Å²) in [6.45, 7) is 12.9. The molecule has 2 heterocycles. The van der Waals surface area contributed by atoms with E-state index in [1.54, 1.807) is 0 Å². The third kappa shape index (κ3) is 4.86. The number of aryl methyl sites for hydroxylation is 1. The Morgan fingerprint density at radius 3 is 2.38 bits per heavy atom. The third-order valence-corrected chi connectivity index (χ3v) is 5.23. The molecule has 1 saturated heterocycles. The Morgan fingerprint density at radius 2 is 1.81 bits per heavy atom. The maximum Gasteiger partial charge on any atom is 0.310 e. The third-order valence-electron chi connectivity index (χ3n) is 5.23. The molecule has 146 valence electrons. The number of nitrogens with zero attached hydrogens (tertiary/aromatic N) is 3. The summed E-state index contributed by atoms with van der Waals surface area (Å²) in [6, 6.07) is 0.424. The first-order valence-electron chi connectivity index (χ1n) is 9.70. The van der Waals surface area contributed by atoms with Gasteiger partial charge in [0.25, 0.3) is 5.91 Å². The van der Waals surface area contributed by atoms with E-state index in [1.165, 1.54) is 0 Å². The molecule has 6 heteroatoms. The van der Waals surface area contributed by atoms with Gasteiger partial charge in [-0.2, -0.15) is 5.10 Å². The Balaban J connectivity index is 1.93. The fourth-order valence-electron chi connectivity index (χ4n) is 3.84. The minimum Gasteiger partial charge on any atom is -0.455 e. The van der Waals surface area contributed by atoms with Crippen molar-refractivity contribution >= 4 is 11.9 Å². The van der Waals surface area contributed by atoms with E-state index in [4.69, 9.17) is 4.74 Å². The molecule has 0 radical (unpaired) electrons. The van der Waals surface area contributed by atoms with Crippen LogP contribution in [0.2, 0.25) is 0 Å². The van der Waals surface area contributed by atoms with Crippen LogP contribution < -0.4 is 0 Å². The second-order valence-electron chi connectivity index (χ2n) is 7.99. The number of likely N-dealkylation sites (tertiary alicyclic amines) is 1. The molecule has 1 fully saturated rings. The minimum atomic E-state index is -0.369. The van der Waals surface area contributed by atoms with Gasteiger partial charge in [0.2, 0.25) is 0 Å². The number of rotatable bonds is 6. The molecular formula is C20H33N3O3. The lowest BCUT2D eigenvalue weighted by Gasteiger charge is -2.38. The van der Waals surface area contributed by atoms with Crippen molar-refractivity contribution in [1.29, 1.82) is 0 Å². The zero-order valence-electron chi connectivity index (χ0n) is 17.0. The normalized spacial score (nSPS) is 20.5. The molecule has 2 unspecified atom stereocenters. The quantitative estimate of drug-likeness (QED) is 0.729. The molecule has 1 aliphatic rings. The van der Waals surface area contributed by atoms with Gasteiger partial charge in [0.1, 0.15) is 0 Å². The maximum atomic E-state index is 12.5. The van der Waals surface area contributed by atoms with Crippen molar-refractivity contribution in [3.63, 3.8) is 0 Å². The first-order valence-corrected chi connectivity index (χ1v) is 9.70. The van der Waals surface area contributed by atoms with Crippen LogP contribution in [0.1, 0.15) is 63.9 Å². The molecular weight excluding hydrogens is 330 g/mol. The topological polar surface area (TPSA) is 64.4 Å². The highest BCUT2D eigenvalue weighted by Crippen LogP contribution is 2.22. The monoisotopic (exact) mass is 363 g/mol. The first kappa shape index (κ1) is 20.5. The van der Waals surface area contributed by atoms with Gasteiger partial charge in [-0.1, -0.05) is 13.8 Å². The van der Waals surface area contributed by atoms with Crippen LogP contribution in [0.3, 0.4) is 0 Å². The van der Waals surface area contributed by atoms with E-state index in [0.717, 1.165) is 42.8 Å². The predicted octanol–water partition coefficient (Wildman–Crippen LogP) is 3.03. The van der Waals surface area contributed by atoms with E-state index < -0.39 is 0 Å². The van der Waals surface area contributed by atoms with Gasteiger partial charge in [0, 0.05) is 29.9 Å². The van der Waals surface area contributed by atoms with E-state index >= 15 is 0 Å². The first-order chi connectivity index (χ1) is 12.2. The average molecular weight is 364 g/mol. The largest absolute Gasteiger partial charge is 0.455 e. The highest BCUT2D eigenvalue weighted by atomic mass is 16.5. The molecule has 1 aromatic heterocycles. The number of ether oxygens (including phenoxy) is 1.